The summed E-state index contributed by atoms with van der Waals surface area (Å²) >= 11 is 0. The van der Waals surface area contributed by atoms with Crippen molar-refractivity contribution in [2.75, 3.05) is 26.4 Å². The van der Waals surface area contributed by atoms with E-state index in [1.54, 1.807) is 27.7 Å². The van der Waals surface area contributed by atoms with E-state index in [0.717, 1.165) is 11.1 Å². The summed E-state index contributed by atoms with van der Waals surface area (Å²) in [5.74, 6) is 0. The first-order valence-corrected chi connectivity index (χ1v) is 11.9. The molecule has 0 saturated carbocycles. The van der Waals surface area contributed by atoms with Crippen LogP contribution in [0.15, 0.2) is 29.3 Å². The zero-order chi connectivity index (χ0) is 19.6. The normalized spacial score (nSPS) is 13.0. The van der Waals surface area contributed by atoms with Gasteiger partial charge in [0.1, 0.15) is 0 Å². The van der Waals surface area contributed by atoms with Gasteiger partial charge in [0.05, 0.1) is 26.4 Å². The molecular weight excluding hydrogens is 376 g/mol. The Morgan fingerprint density at radius 2 is 1.23 bits per heavy atom. The molecule has 148 valence electrons. The number of rotatable bonds is 12. The van der Waals surface area contributed by atoms with E-state index in [2.05, 4.69) is 4.99 Å². The Hall–Kier alpha value is -0.810. The van der Waals surface area contributed by atoms with Gasteiger partial charge in [-0.25, -0.2) is 0 Å². The van der Waals surface area contributed by atoms with E-state index < -0.39 is 20.7 Å². The summed E-state index contributed by atoms with van der Waals surface area (Å²) in [5.41, 5.74) is 0.470. The van der Waals surface area contributed by atoms with Gasteiger partial charge in [0.2, 0.25) is 0 Å². The minimum atomic E-state index is -3.87. The first kappa shape index (κ1) is 23.2. The van der Waals surface area contributed by atoms with E-state index in [4.69, 9.17) is 18.1 Å². The number of aliphatic imine (C=N–C) groups is 1. The Balaban J connectivity index is 3.36. The molecule has 0 aliphatic heterocycles. The lowest BCUT2D eigenvalue weighted by Crippen LogP contribution is -2.16. The van der Waals surface area contributed by atoms with E-state index in [1.165, 1.54) is 6.21 Å². The molecule has 0 saturated heterocycles. The van der Waals surface area contributed by atoms with Crippen LogP contribution in [-0.4, -0.2) is 38.2 Å². The van der Waals surface area contributed by atoms with E-state index in [-0.39, 0.29) is 26.4 Å². The van der Waals surface area contributed by atoms with Crippen LogP contribution in [0.2, 0.25) is 0 Å². The molecule has 9 heteroatoms. The Morgan fingerprint density at radius 1 is 0.846 bits per heavy atom. The van der Waals surface area contributed by atoms with Gasteiger partial charge in [0, 0.05) is 6.21 Å². The van der Waals surface area contributed by atoms with Crippen molar-refractivity contribution in [3.8, 4) is 0 Å². The molecule has 7 nitrogen and oxygen atoms in total. The van der Waals surface area contributed by atoms with Crippen LogP contribution in [-0.2, 0) is 27.2 Å². The molecule has 0 heterocycles. The predicted molar refractivity (Wildman–Crippen MR) is 104 cm³/mol. The summed E-state index contributed by atoms with van der Waals surface area (Å²) in [6, 6.07) is 7.56. The van der Waals surface area contributed by atoms with Crippen LogP contribution in [0.5, 0.6) is 0 Å². The second kappa shape index (κ2) is 11.1. The minimum Gasteiger partial charge on any atom is -0.307 e. The fraction of sp³-hybridized carbons (Fsp3) is 0.588. The van der Waals surface area contributed by atoms with Crippen molar-refractivity contribution in [1.82, 2.24) is 0 Å². The van der Waals surface area contributed by atoms with Crippen LogP contribution in [0.1, 0.15) is 38.8 Å². The van der Waals surface area contributed by atoms with E-state index >= 15 is 0 Å². The lowest BCUT2D eigenvalue weighted by molar-refractivity contribution is 0.196. The molecule has 1 aromatic carbocycles. The van der Waals surface area contributed by atoms with Crippen LogP contribution < -0.4 is 0 Å². The average Bonchev–Trinajstić information content (AvgIpc) is 2.57. The van der Waals surface area contributed by atoms with Gasteiger partial charge in [-0.1, -0.05) is 29.8 Å². The zero-order valence-electron chi connectivity index (χ0n) is 16.1. The molecule has 0 aromatic heterocycles. The summed E-state index contributed by atoms with van der Waals surface area (Å²) < 4.78 is 48.1. The highest BCUT2D eigenvalue weighted by atomic mass is 31.2. The van der Waals surface area contributed by atoms with Gasteiger partial charge in [-0.15, -0.1) is 0 Å². The maximum Gasteiger partial charge on any atom is 0.367 e. The van der Waals surface area contributed by atoms with Gasteiger partial charge in [-0.3, -0.25) is 14.1 Å². The summed E-state index contributed by atoms with van der Waals surface area (Å²) in [6.07, 6.45) is 1.49. The molecule has 0 aliphatic rings. The first-order valence-electron chi connectivity index (χ1n) is 8.72. The molecule has 0 unspecified atom stereocenters. The van der Waals surface area contributed by atoms with Crippen molar-refractivity contribution < 1.29 is 27.2 Å². The van der Waals surface area contributed by atoms with Gasteiger partial charge in [0.15, 0.2) is 0 Å². The third-order valence-electron chi connectivity index (χ3n) is 3.24. The molecule has 1 rings (SSSR count). The van der Waals surface area contributed by atoms with Crippen molar-refractivity contribution in [2.24, 2.45) is 4.99 Å². The standard InChI is InChI=1S/C17H29NO6P2/c1-6-21-25(19,22-7-2)17(26(20,23-8-3)24-9-4)18-14-16-12-10-15(5)11-13-16/h10-14,17H,6-9H2,1-5H3/b18-14+. The third-order valence-corrected chi connectivity index (χ3v) is 8.80. The van der Waals surface area contributed by atoms with Crippen LogP contribution in [0.25, 0.3) is 0 Å². The van der Waals surface area contributed by atoms with Crippen LogP contribution in [0.4, 0.5) is 0 Å². The fourth-order valence-electron chi connectivity index (χ4n) is 2.20. The smallest absolute Gasteiger partial charge is 0.307 e. The highest BCUT2D eigenvalue weighted by Gasteiger charge is 2.50. The molecule has 26 heavy (non-hydrogen) atoms. The number of hydrogen-bond donors (Lipinski definition) is 0. The van der Waals surface area contributed by atoms with Gasteiger partial charge in [-0.05, 0) is 40.2 Å². The molecule has 0 amide bonds. The van der Waals surface area contributed by atoms with Gasteiger partial charge in [-0.2, -0.15) is 0 Å². The van der Waals surface area contributed by atoms with E-state index in [9.17, 15) is 9.13 Å². The van der Waals surface area contributed by atoms with Crippen molar-refractivity contribution >= 4 is 21.4 Å². The third kappa shape index (κ3) is 6.41. The Kier molecular flexibility index (Phi) is 9.94. The molecular formula is C17H29NO6P2. The van der Waals surface area contributed by atoms with Crippen LogP contribution >= 0.6 is 15.2 Å². The summed E-state index contributed by atoms with van der Waals surface area (Å²) in [4.78, 5) is 4.29. The van der Waals surface area contributed by atoms with E-state index in [0.29, 0.717) is 0 Å². The molecule has 0 bridgehead atoms. The Labute approximate surface area is 156 Å². The van der Waals surface area contributed by atoms with Gasteiger partial charge < -0.3 is 18.1 Å². The molecule has 0 atom stereocenters. The van der Waals surface area contributed by atoms with Crippen LogP contribution in [0.3, 0.4) is 0 Å². The highest BCUT2D eigenvalue weighted by molar-refractivity contribution is 7.72. The maximum absolute atomic E-state index is 13.3. The van der Waals surface area contributed by atoms with Crippen molar-refractivity contribution in [3.63, 3.8) is 0 Å². The van der Waals surface area contributed by atoms with Crippen LogP contribution in [0, 0.1) is 6.92 Å². The number of nitrogens with zero attached hydrogens (tertiary/aromatic N) is 1. The Bertz CT molecular complexity index is 612. The lowest BCUT2D eigenvalue weighted by atomic mass is 10.2. The largest absolute Gasteiger partial charge is 0.367 e. The lowest BCUT2D eigenvalue weighted by Gasteiger charge is -2.28. The molecule has 0 spiro atoms. The minimum absolute atomic E-state index is 0.117. The monoisotopic (exact) mass is 405 g/mol. The molecule has 0 N–H and O–H groups in total. The van der Waals surface area contributed by atoms with Gasteiger partial charge in [0.25, 0.3) is 5.52 Å². The van der Waals surface area contributed by atoms with Crippen molar-refractivity contribution in [2.45, 2.75) is 40.1 Å². The summed E-state index contributed by atoms with van der Waals surface area (Å²) in [7, 11) is -7.74. The number of aryl methyl sites for hydroxylation is 1. The second-order valence-corrected chi connectivity index (χ2v) is 9.86. The highest BCUT2D eigenvalue weighted by Crippen LogP contribution is 2.70. The molecule has 1 aromatic rings. The SMILES string of the molecule is CCOP(=O)(OCC)C(/N=C/c1ccc(C)cc1)P(=O)(OCC)OCC. The van der Waals surface area contributed by atoms with Gasteiger partial charge >= 0.3 is 15.2 Å². The van der Waals surface area contributed by atoms with Crippen molar-refractivity contribution in [1.29, 1.82) is 0 Å². The predicted octanol–water partition coefficient (Wildman–Crippen LogP) is 5.23. The summed E-state index contributed by atoms with van der Waals surface area (Å²) in [5, 5.41) is 0. The zero-order valence-corrected chi connectivity index (χ0v) is 17.9. The Morgan fingerprint density at radius 3 is 1.58 bits per heavy atom. The molecule has 0 radical (unpaired) electrons. The number of benzene rings is 1. The molecule has 0 aliphatic carbocycles. The number of hydrogen-bond acceptors (Lipinski definition) is 7. The maximum atomic E-state index is 13.3. The first-order chi connectivity index (χ1) is 12.3. The topological polar surface area (TPSA) is 83.4 Å². The quantitative estimate of drug-likeness (QED) is 0.350. The van der Waals surface area contributed by atoms with Crippen molar-refractivity contribution in [3.05, 3.63) is 35.4 Å². The average molecular weight is 405 g/mol. The van der Waals surface area contributed by atoms with E-state index in [1.807, 2.05) is 31.2 Å². The second-order valence-electron chi connectivity index (χ2n) is 5.29. The fourth-order valence-corrected chi connectivity index (χ4v) is 6.97. The summed E-state index contributed by atoms with van der Waals surface area (Å²) in [6.45, 7) is 9.16. The molecule has 0 fully saturated rings.